The number of hydrogen-bond donors (Lipinski definition) is 0. The predicted molar refractivity (Wildman–Crippen MR) is 85.2 cm³/mol. The van der Waals surface area contributed by atoms with E-state index in [9.17, 15) is 0 Å². The standard InChI is InChI=1S/C17H14BrNO2/c1-12-9-16(19-21-12)14-7-8-17(15(18)10-14)20-11-13-5-3-2-4-6-13/h2-10H,11H2,1H3. The minimum absolute atomic E-state index is 0.544. The molecule has 21 heavy (non-hydrogen) atoms. The number of nitrogens with zero attached hydrogens (tertiary/aromatic N) is 1. The zero-order valence-electron chi connectivity index (χ0n) is 11.5. The monoisotopic (exact) mass is 343 g/mol. The van der Waals surface area contributed by atoms with Gasteiger partial charge in [-0.1, -0.05) is 35.5 Å². The Hall–Kier alpha value is -2.07. The van der Waals surface area contributed by atoms with Gasteiger partial charge in [0.05, 0.1) is 4.47 Å². The first-order valence-electron chi connectivity index (χ1n) is 6.62. The Bertz CT molecular complexity index is 738. The highest BCUT2D eigenvalue weighted by Gasteiger charge is 2.08. The highest BCUT2D eigenvalue weighted by molar-refractivity contribution is 9.10. The Morgan fingerprint density at radius 3 is 2.57 bits per heavy atom. The molecule has 0 aliphatic rings. The molecule has 0 saturated carbocycles. The smallest absolute Gasteiger partial charge is 0.134 e. The van der Waals surface area contributed by atoms with E-state index in [-0.39, 0.29) is 0 Å². The van der Waals surface area contributed by atoms with Crippen LogP contribution in [0.4, 0.5) is 0 Å². The molecule has 0 aliphatic carbocycles. The van der Waals surface area contributed by atoms with Crippen LogP contribution in [0.15, 0.2) is 63.6 Å². The van der Waals surface area contributed by atoms with Crippen LogP contribution in [0.3, 0.4) is 0 Å². The summed E-state index contributed by atoms with van der Waals surface area (Å²) in [6, 6.07) is 17.9. The number of benzene rings is 2. The summed E-state index contributed by atoms with van der Waals surface area (Å²) in [5.41, 5.74) is 2.95. The molecule has 1 heterocycles. The van der Waals surface area contributed by atoms with E-state index in [0.717, 1.165) is 32.8 Å². The molecule has 0 atom stereocenters. The van der Waals surface area contributed by atoms with E-state index >= 15 is 0 Å². The topological polar surface area (TPSA) is 35.3 Å². The summed E-state index contributed by atoms with van der Waals surface area (Å²) in [4.78, 5) is 0. The van der Waals surface area contributed by atoms with E-state index in [4.69, 9.17) is 9.26 Å². The summed E-state index contributed by atoms with van der Waals surface area (Å²) in [5, 5.41) is 4.01. The molecule has 106 valence electrons. The van der Waals surface area contributed by atoms with Crippen molar-refractivity contribution in [2.45, 2.75) is 13.5 Å². The van der Waals surface area contributed by atoms with Gasteiger partial charge >= 0.3 is 0 Å². The molecular weight excluding hydrogens is 330 g/mol. The minimum Gasteiger partial charge on any atom is -0.488 e. The van der Waals surface area contributed by atoms with E-state index < -0.39 is 0 Å². The number of aryl methyl sites for hydroxylation is 1. The molecule has 4 heteroatoms. The average Bonchev–Trinajstić information content (AvgIpc) is 2.93. The van der Waals surface area contributed by atoms with Gasteiger partial charge in [0.2, 0.25) is 0 Å². The first kappa shape index (κ1) is 13.9. The van der Waals surface area contributed by atoms with Crippen molar-refractivity contribution in [1.29, 1.82) is 0 Å². The summed E-state index contributed by atoms with van der Waals surface area (Å²) in [6.07, 6.45) is 0. The normalized spacial score (nSPS) is 10.6. The van der Waals surface area contributed by atoms with Crippen molar-refractivity contribution in [2.75, 3.05) is 0 Å². The van der Waals surface area contributed by atoms with E-state index in [0.29, 0.717) is 6.61 Å². The Labute approximate surface area is 131 Å². The summed E-state index contributed by atoms with van der Waals surface area (Å²) < 4.78 is 11.8. The minimum atomic E-state index is 0.544. The molecule has 0 N–H and O–H groups in total. The van der Waals surface area contributed by atoms with Crippen molar-refractivity contribution in [2.24, 2.45) is 0 Å². The third-order valence-corrected chi connectivity index (χ3v) is 3.71. The summed E-state index contributed by atoms with van der Waals surface area (Å²) in [7, 11) is 0. The quantitative estimate of drug-likeness (QED) is 0.669. The van der Waals surface area contributed by atoms with Crippen molar-refractivity contribution in [1.82, 2.24) is 5.16 Å². The lowest BCUT2D eigenvalue weighted by Crippen LogP contribution is -1.95. The van der Waals surface area contributed by atoms with Crippen LogP contribution in [0.1, 0.15) is 11.3 Å². The molecule has 0 spiro atoms. The van der Waals surface area contributed by atoms with Crippen LogP contribution >= 0.6 is 15.9 Å². The fourth-order valence-electron chi connectivity index (χ4n) is 2.01. The maximum Gasteiger partial charge on any atom is 0.134 e. The van der Waals surface area contributed by atoms with Gasteiger partial charge in [-0.15, -0.1) is 0 Å². The van der Waals surface area contributed by atoms with Crippen molar-refractivity contribution in [3.8, 4) is 17.0 Å². The molecule has 0 unspecified atom stereocenters. The van der Waals surface area contributed by atoms with Crippen LogP contribution in [-0.2, 0) is 6.61 Å². The molecule has 3 rings (SSSR count). The van der Waals surface area contributed by atoms with Crippen molar-refractivity contribution >= 4 is 15.9 Å². The van der Waals surface area contributed by atoms with Crippen molar-refractivity contribution in [3.05, 3.63) is 70.4 Å². The average molecular weight is 344 g/mol. The second-order valence-corrected chi connectivity index (χ2v) is 5.60. The highest BCUT2D eigenvalue weighted by atomic mass is 79.9. The molecule has 0 amide bonds. The number of aromatic nitrogens is 1. The predicted octanol–water partition coefficient (Wildman–Crippen LogP) is 4.99. The van der Waals surface area contributed by atoms with Gasteiger partial charge in [-0.3, -0.25) is 0 Å². The molecule has 0 aliphatic heterocycles. The van der Waals surface area contributed by atoms with Gasteiger partial charge in [-0.25, -0.2) is 0 Å². The third kappa shape index (κ3) is 3.34. The van der Waals surface area contributed by atoms with E-state index in [1.54, 1.807) is 0 Å². The maximum atomic E-state index is 5.83. The van der Waals surface area contributed by atoms with Crippen LogP contribution in [0, 0.1) is 6.92 Å². The third-order valence-electron chi connectivity index (χ3n) is 3.09. The van der Waals surface area contributed by atoms with Gasteiger partial charge in [0, 0.05) is 11.6 Å². The van der Waals surface area contributed by atoms with E-state index in [1.807, 2.05) is 61.5 Å². The lowest BCUT2D eigenvalue weighted by Gasteiger charge is -2.09. The zero-order valence-corrected chi connectivity index (χ0v) is 13.1. The van der Waals surface area contributed by atoms with Crippen LogP contribution in [0.25, 0.3) is 11.3 Å². The van der Waals surface area contributed by atoms with Gasteiger partial charge in [0.1, 0.15) is 23.8 Å². The fraction of sp³-hybridized carbons (Fsp3) is 0.118. The van der Waals surface area contributed by atoms with Crippen molar-refractivity contribution < 1.29 is 9.26 Å². The number of halogens is 1. The van der Waals surface area contributed by atoms with Crippen LogP contribution in [0.5, 0.6) is 5.75 Å². The van der Waals surface area contributed by atoms with Crippen LogP contribution in [-0.4, -0.2) is 5.16 Å². The highest BCUT2D eigenvalue weighted by Crippen LogP contribution is 2.31. The lowest BCUT2D eigenvalue weighted by atomic mass is 10.1. The second kappa shape index (κ2) is 6.14. The van der Waals surface area contributed by atoms with Crippen LogP contribution in [0.2, 0.25) is 0 Å². The molecule has 2 aromatic carbocycles. The van der Waals surface area contributed by atoms with E-state index in [2.05, 4.69) is 21.1 Å². The largest absolute Gasteiger partial charge is 0.488 e. The molecule has 0 radical (unpaired) electrons. The molecule has 3 nitrogen and oxygen atoms in total. The summed E-state index contributed by atoms with van der Waals surface area (Å²) in [5.74, 6) is 1.60. The second-order valence-electron chi connectivity index (χ2n) is 4.74. The Morgan fingerprint density at radius 2 is 1.90 bits per heavy atom. The van der Waals surface area contributed by atoms with Gasteiger partial charge in [-0.2, -0.15) is 0 Å². The number of rotatable bonds is 4. The SMILES string of the molecule is Cc1cc(-c2ccc(OCc3ccccc3)c(Br)c2)no1. The molecule has 0 saturated heterocycles. The van der Waals surface area contributed by atoms with Gasteiger partial charge in [-0.05, 0) is 46.6 Å². The lowest BCUT2D eigenvalue weighted by molar-refractivity contribution is 0.304. The Morgan fingerprint density at radius 1 is 1.10 bits per heavy atom. The number of hydrogen-bond acceptors (Lipinski definition) is 3. The van der Waals surface area contributed by atoms with Crippen molar-refractivity contribution in [3.63, 3.8) is 0 Å². The molecule has 0 fully saturated rings. The molecule has 1 aromatic heterocycles. The van der Waals surface area contributed by atoms with Gasteiger partial charge in [0.25, 0.3) is 0 Å². The van der Waals surface area contributed by atoms with Gasteiger partial charge < -0.3 is 9.26 Å². The first-order chi connectivity index (χ1) is 10.2. The zero-order chi connectivity index (χ0) is 14.7. The molecule has 0 bridgehead atoms. The fourth-order valence-corrected chi connectivity index (χ4v) is 2.51. The first-order valence-corrected chi connectivity index (χ1v) is 7.41. The summed E-state index contributed by atoms with van der Waals surface area (Å²) in [6.45, 7) is 2.42. The Kier molecular flexibility index (Phi) is 4.06. The van der Waals surface area contributed by atoms with Gasteiger partial charge in [0.15, 0.2) is 0 Å². The van der Waals surface area contributed by atoms with E-state index in [1.165, 1.54) is 0 Å². The number of ether oxygens (including phenoxy) is 1. The molecular formula is C17H14BrNO2. The maximum absolute atomic E-state index is 5.83. The summed E-state index contributed by atoms with van der Waals surface area (Å²) >= 11 is 3.54. The Balaban J connectivity index is 1.75. The molecule has 3 aromatic rings. The van der Waals surface area contributed by atoms with Crippen LogP contribution < -0.4 is 4.74 Å².